The largest absolute Gasteiger partial charge is 0.466 e. The molecule has 2 heterocycles. The van der Waals surface area contributed by atoms with Crippen LogP contribution < -0.4 is 5.69 Å². The van der Waals surface area contributed by atoms with Crippen molar-refractivity contribution < 1.29 is 9.53 Å². The van der Waals surface area contributed by atoms with Gasteiger partial charge in [-0.1, -0.05) is 0 Å². The fraction of sp³-hybridized carbons (Fsp3) is 0.727. The molecule has 0 N–H and O–H groups in total. The Morgan fingerprint density at radius 3 is 3.00 bits per heavy atom. The molecule has 17 heavy (non-hydrogen) atoms. The molecule has 1 aromatic heterocycles. The number of rotatable bonds is 4. The van der Waals surface area contributed by atoms with Gasteiger partial charge in [0, 0.05) is 13.0 Å². The average molecular weight is 239 g/mol. The molecule has 0 atom stereocenters. The highest BCUT2D eigenvalue weighted by atomic mass is 16.5. The monoisotopic (exact) mass is 239 g/mol. The molecule has 0 radical (unpaired) electrons. The number of ether oxygens (including phenoxy) is 1. The molecule has 0 bridgehead atoms. The van der Waals surface area contributed by atoms with Crippen LogP contribution in [-0.4, -0.2) is 26.9 Å². The minimum Gasteiger partial charge on any atom is -0.466 e. The molecule has 2 rings (SSSR count). The molecule has 0 spiro atoms. The van der Waals surface area contributed by atoms with Gasteiger partial charge in [0.2, 0.25) is 0 Å². The molecule has 94 valence electrons. The van der Waals surface area contributed by atoms with Crippen LogP contribution in [0.4, 0.5) is 0 Å². The van der Waals surface area contributed by atoms with E-state index in [1.54, 1.807) is 11.5 Å². The molecular weight excluding hydrogens is 222 g/mol. The van der Waals surface area contributed by atoms with E-state index in [0.717, 1.165) is 31.6 Å². The Morgan fingerprint density at radius 1 is 1.47 bits per heavy atom. The number of aromatic nitrogens is 3. The number of carbonyl (C=O) groups excluding carboxylic acids is 1. The molecule has 1 aliphatic heterocycles. The average Bonchev–Trinajstić information content (AvgIpc) is 2.65. The summed E-state index contributed by atoms with van der Waals surface area (Å²) >= 11 is 0. The summed E-state index contributed by atoms with van der Waals surface area (Å²) in [4.78, 5) is 23.1. The Labute approximate surface area is 99.2 Å². The van der Waals surface area contributed by atoms with Crippen molar-refractivity contribution in [3.63, 3.8) is 0 Å². The topological polar surface area (TPSA) is 66.1 Å². The molecule has 0 aromatic carbocycles. The zero-order chi connectivity index (χ0) is 12.3. The van der Waals surface area contributed by atoms with Crippen LogP contribution in [0.1, 0.15) is 32.0 Å². The smallest absolute Gasteiger partial charge is 0.345 e. The minimum atomic E-state index is -0.287. The van der Waals surface area contributed by atoms with Gasteiger partial charge in [-0.3, -0.25) is 9.36 Å². The normalized spacial score (nSPS) is 14.4. The van der Waals surface area contributed by atoms with Crippen molar-refractivity contribution in [1.82, 2.24) is 14.3 Å². The molecule has 0 amide bonds. The summed E-state index contributed by atoms with van der Waals surface area (Å²) < 4.78 is 7.89. The van der Waals surface area contributed by atoms with Crippen LogP contribution in [0.2, 0.25) is 0 Å². The van der Waals surface area contributed by atoms with Crippen LogP contribution in [0.5, 0.6) is 0 Å². The third-order valence-electron chi connectivity index (χ3n) is 2.86. The summed E-state index contributed by atoms with van der Waals surface area (Å²) in [7, 11) is 0. The fourth-order valence-corrected chi connectivity index (χ4v) is 2.02. The standard InChI is InChI=1S/C11H17N3O3/c1-2-17-10(15)6-8-14-11(16)13-7-4-3-5-9(13)12-14/h2-8H2,1H3. The van der Waals surface area contributed by atoms with E-state index in [-0.39, 0.29) is 18.1 Å². The first-order valence-corrected chi connectivity index (χ1v) is 6.04. The van der Waals surface area contributed by atoms with Gasteiger partial charge in [0.15, 0.2) is 0 Å². The lowest BCUT2D eigenvalue weighted by Gasteiger charge is -2.09. The van der Waals surface area contributed by atoms with Crippen molar-refractivity contribution in [2.24, 2.45) is 0 Å². The second kappa shape index (κ2) is 5.16. The van der Waals surface area contributed by atoms with Crippen molar-refractivity contribution in [2.75, 3.05) is 6.61 Å². The van der Waals surface area contributed by atoms with Gasteiger partial charge in [-0.05, 0) is 19.8 Å². The SMILES string of the molecule is CCOC(=O)CCn1nc2n(c1=O)CCCC2. The van der Waals surface area contributed by atoms with Gasteiger partial charge >= 0.3 is 11.7 Å². The first-order chi connectivity index (χ1) is 8.22. The first kappa shape index (κ1) is 11.9. The number of carbonyl (C=O) groups is 1. The number of nitrogens with zero attached hydrogens (tertiary/aromatic N) is 3. The number of fused-ring (bicyclic) bond motifs is 1. The van der Waals surface area contributed by atoms with E-state index in [9.17, 15) is 9.59 Å². The van der Waals surface area contributed by atoms with E-state index in [1.807, 2.05) is 0 Å². The number of hydrogen-bond acceptors (Lipinski definition) is 4. The Bertz CT molecular complexity index is 461. The molecule has 1 aliphatic rings. The van der Waals surface area contributed by atoms with Crippen LogP contribution in [0, 0.1) is 0 Å². The van der Waals surface area contributed by atoms with Crippen LogP contribution in [-0.2, 0) is 29.0 Å². The van der Waals surface area contributed by atoms with E-state index in [2.05, 4.69) is 5.10 Å². The molecule has 0 fully saturated rings. The first-order valence-electron chi connectivity index (χ1n) is 6.04. The third-order valence-corrected chi connectivity index (χ3v) is 2.86. The summed E-state index contributed by atoms with van der Waals surface area (Å²) in [6.45, 7) is 3.18. The third kappa shape index (κ3) is 2.57. The van der Waals surface area contributed by atoms with Gasteiger partial charge in [-0.2, -0.15) is 5.10 Å². The molecular formula is C11H17N3O3. The minimum absolute atomic E-state index is 0.107. The fourth-order valence-electron chi connectivity index (χ4n) is 2.02. The molecule has 0 saturated carbocycles. The Kier molecular flexibility index (Phi) is 3.61. The van der Waals surface area contributed by atoms with Crippen molar-refractivity contribution in [2.45, 2.75) is 45.7 Å². The van der Waals surface area contributed by atoms with E-state index in [4.69, 9.17) is 4.74 Å². The maximum absolute atomic E-state index is 11.9. The van der Waals surface area contributed by atoms with Gasteiger partial charge in [0.05, 0.1) is 19.6 Å². The van der Waals surface area contributed by atoms with Crippen molar-refractivity contribution >= 4 is 5.97 Å². The highest BCUT2D eigenvalue weighted by Gasteiger charge is 2.16. The van der Waals surface area contributed by atoms with E-state index in [1.165, 1.54) is 4.68 Å². The van der Waals surface area contributed by atoms with Gasteiger partial charge < -0.3 is 4.74 Å². The predicted octanol–water partition coefficient (Wildman–Crippen LogP) is 0.334. The molecule has 6 nitrogen and oxygen atoms in total. The molecule has 6 heteroatoms. The summed E-state index contributed by atoms with van der Waals surface area (Å²) in [5.41, 5.74) is -0.107. The second-order valence-electron chi connectivity index (χ2n) is 4.09. The summed E-state index contributed by atoms with van der Waals surface area (Å²) in [6, 6.07) is 0. The highest BCUT2D eigenvalue weighted by Crippen LogP contribution is 2.09. The molecule has 1 aromatic rings. The van der Waals surface area contributed by atoms with Crippen molar-refractivity contribution in [3.8, 4) is 0 Å². The second-order valence-corrected chi connectivity index (χ2v) is 4.09. The van der Waals surface area contributed by atoms with Gasteiger partial charge in [0.25, 0.3) is 0 Å². The van der Waals surface area contributed by atoms with Gasteiger partial charge in [-0.15, -0.1) is 0 Å². The van der Waals surface area contributed by atoms with Gasteiger partial charge in [0.1, 0.15) is 5.82 Å². The summed E-state index contributed by atoms with van der Waals surface area (Å²) in [5, 5.41) is 4.24. The van der Waals surface area contributed by atoms with Crippen molar-refractivity contribution in [3.05, 3.63) is 16.3 Å². The number of esters is 1. The maximum atomic E-state index is 11.9. The number of hydrogen-bond donors (Lipinski definition) is 0. The van der Waals surface area contributed by atoms with Crippen LogP contribution >= 0.6 is 0 Å². The van der Waals surface area contributed by atoms with Crippen LogP contribution in [0.15, 0.2) is 4.79 Å². The van der Waals surface area contributed by atoms with E-state index < -0.39 is 0 Å². The van der Waals surface area contributed by atoms with E-state index in [0.29, 0.717) is 13.2 Å². The molecule has 0 unspecified atom stereocenters. The quantitative estimate of drug-likeness (QED) is 0.710. The zero-order valence-corrected chi connectivity index (χ0v) is 10.0. The predicted molar refractivity (Wildman–Crippen MR) is 60.7 cm³/mol. The lowest BCUT2D eigenvalue weighted by Crippen LogP contribution is -2.27. The Hall–Kier alpha value is -1.59. The molecule has 0 aliphatic carbocycles. The Morgan fingerprint density at radius 2 is 2.29 bits per heavy atom. The zero-order valence-electron chi connectivity index (χ0n) is 10.0. The lowest BCUT2D eigenvalue weighted by atomic mass is 10.2. The van der Waals surface area contributed by atoms with Crippen LogP contribution in [0.3, 0.4) is 0 Å². The lowest BCUT2D eigenvalue weighted by molar-refractivity contribution is -0.143. The van der Waals surface area contributed by atoms with Crippen molar-refractivity contribution in [1.29, 1.82) is 0 Å². The maximum Gasteiger partial charge on any atom is 0.345 e. The highest BCUT2D eigenvalue weighted by molar-refractivity contribution is 5.69. The Balaban J connectivity index is 2.04. The van der Waals surface area contributed by atoms with Gasteiger partial charge in [-0.25, -0.2) is 9.48 Å². The van der Waals surface area contributed by atoms with Crippen LogP contribution in [0.25, 0.3) is 0 Å². The molecule has 0 saturated heterocycles. The summed E-state index contributed by atoms with van der Waals surface area (Å²) in [5.74, 6) is 0.551. The number of aryl methyl sites for hydroxylation is 2. The summed E-state index contributed by atoms with van der Waals surface area (Å²) in [6.07, 6.45) is 3.15. The van der Waals surface area contributed by atoms with E-state index >= 15 is 0 Å².